The van der Waals surface area contributed by atoms with Crippen LogP contribution in [0.2, 0.25) is 0 Å². The molecule has 0 atom stereocenters. The number of nitrogens with zero attached hydrogens (tertiary/aromatic N) is 2. The molecule has 6 heteroatoms. The molecular weight excluding hydrogens is 258 g/mol. The quantitative estimate of drug-likeness (QED) is 0.838. The zero-order valence-corrected chi connectivity index (χ0v) is 10.5. The van der Waals surface area contributed by atoms with Gasteiger partial charge in [-0.2, -0.15) is 0 Å². The van der Waals surface area contributed by atoms with Crippen LogP contribution in [0.4, 0.5) is 10.5 Å². The van der Waals surface area contributed by atoms with Crippen LogP contribution < -0.4 is 10.2 Å². The van der Waals surface area contributed by atoms with E-state index in [2.05, 4.69) is 10.3 Å². The molecule has 0 unspecified atom stereocenters. The van der Waals surface area contributed by atoms with E-state index in [1.807, 2.05) is 0 Å². The standard InChI is InChI=1S/C14H11N3O3/c18-8-10-7-15-6-9-1-2-11(5-12(9)10)17-4-3-13(19)16-14(17)20/h1-2,5-8H,3-4H2,(H,16,19,20). The summed E-state index contributed by atoms with van der Waals surface area (Å²) < 4.78 is 0. The molecule has 1 aromatic heterocycles. The molecule has 3 amide bonds. The molecule has 1 aromatic carbocycles. The minimum Gasteiger partial charge on any atom is -0.298 e. The van der Waals surface area contributed by atoms with Crippen LogP contribution in [0.3, 0.4) is 0 Å². The first-order valence-corrected chi connectivity index (χ1v) is 6.13. The fourth-order valence-corrected chi connectivity index (χ4v) is 2.25. The van der Waals surface area contributed by atoms with E-state index >= 15 is 0 Å². The Bertz CT molecular complexity index is 727. The Morgan fingerprint density at radius 3 is 2.85 bits per heavy atom. The van der Waals surface area contributed by atoms with E-state index in [1.165, 1.54) is 11.1 Å². The summed E-state index contributed by atoms with van der Waals surface area (Å²) in [6.07, 6.45) is 4.14. The van der Waals surface area contributed by atoms with Gasteiger partial charge in [0.1, 0.15) is 0 Å². The van der Waals surface area contributed by atoms with Crippen molar-refractivity contribution in [2.75, 3.05) is 11.4 Å². The van der Waals surface area contributed by atoms with E-state index in [0.717, 1.165) is 17.1 Å². The Labute approximate surface area is 114 Å². The fourth-order valence-electron chi connectivity index (χ4n) is 2.25. The topological polar surface area (TPSA) is 79.4 Å². The van der Waals surface area contributed by atoms with Gasteiger partial charge in [-0.25, -0.2) is 4.79 Å². The second-order valence-corrected chi connectivity index (χ2v) is 4.51. The number of benzene rings is 1. The summed E-state index contributed by atoms with van der Waals surface area (Å²) in [5.41, 5.74) is 1.12. The minimum atomic E-state index is -0.442. The fraction of sp³-hybridized carbons (Fsp3) is 0.143. The number of aromatic nitrogens is 1. The van der Waals surface area contributed by atoms with Gasteiger partial charge in [-0.1, -0.05) is 6.07 Å². The first kappa shape index (κ1) is 12.3. The number of imide groups is 1. The second-order valence-electron chi connectivity index (χ2n) is 4.51. The van der Waals surface area contributed by atoms with Crippen molar-refractivity contribution in [3.05, 3.63) is 36.2 Å². The number of fused-ring (bicyclic) bond motifs is 1. The summed E-state index contributed by atoms with van der Waals surface area (Å²) in [5, 5.41) is 3.83. The Balaban J connectivity index is 2.06. The van der Waals surface area contributed by atoms with Gasteiger partial charge in [0.25, 0.3) is 0 Å². The average Bonchev–Trinajstić information content (AvgIpc) is 2.46. The van der Waals surface area contributed by atoms with Gasteiger partial charge in [0, 0.05) is 42.0 Å². The van der Waals surface area contributed by atoms with Gasteiger partial charge < -0.3 is 0 Å². The van der Waals surface area contributed by atoms with Crippen molar-refractivity contribution >= 4 is 34.7 Å². The summed E-state index contributed by atoms with van der Waals surface area (Å²) in [4.78, 5) is 39.5. The van der Waals surface area contributed by atoms with Crippen LogP contribution >= 0.6 is 0 Å². The van der Waals surface area contributed by atoms with Crippen molar-refractivity contribution in [1.82, 2.24) is 10.3 Å². The van der Waals surface area contributed by atoms with Gasteiger partial charge in [0.2, 0.25) is 5.91 Å². The number of rotatable bonds is 2. The summed E-state index contributed by atoms with van der Waals surface area (Å²) in [5.74, 6) is -0.273. The van der Waals surface area contributed by atoms with E-state index in [1.54, 1.807) is 24.4 Å². The molecular formula is C14H11N3O3. The lowest BCUT2D eigenvalue weighted by molar-refractivity contribution is -0.120. The molecule has 0 bridgehead atoms. The summed E-state index contributed by atoms with van der Waals surface area (Å²) in [6.45, 7) is 0.331. The van der Waals surface area contributed by atoms with Gasteiger partial charge in [-0.15, -0.1) is 0 Å². The number of anilines is 1. The molecule has 2 aromatic rings. The van der Waals surface area contributed by atoms with Crippen molar-refractivity contribution in [1.29, 1.82) is 0 Å². The van der Waals surface area contributed by atoms with E-state index in [0.29, 0.717) is 17.8 Å². The maximum atomic E-state index is 11.8. The molecule has 1 N–H and O–H groups in total. The first-order valence-electron chi connectivity index (χ1n) is 6.13. The maximum absolute atomic E-state index is 11.8. The van der Waals surface area contributed by atoms with Crippen LogP contribution in [0.1, 0.15) is 16.8 Å². The Kier molecular flexibility index (Phi) is 2.90. The zero-order chi connectivity index (χ0) is 14.1. The Hall–Kier alpha value is -2.76. The molecule has 20 heavy (non-hydrogen) atoms. The van der Waals surface area contributed by atoms with E-state index in [9.17, 15) is 14.4 Å². The number of carbonyl (C=O) groups is 3. The molecule has 3 rings (SSSR count). The summed E-state index contributed by atoms with van der Waals surface area (Å²) >= 11 is 0. The van der Waals surface area contributed by atoms with Crippen molar-refractivity contribution in [2.24, 2.45) is 0 Å². The summed E-state index contributed by atoms with van der Waals surface area (Å²) in [6, 6.07) is 4.89. The second kappa shape index (κ2) is 4.73. The molecule has 1 aliphatic heterocycles. The Morgan fingerprint density at radius 1 is 1.25 bits per heavy atom. The van der Waals surface area contributed by atoms with Crippen molar-refractivity contribution in [3.63, 3.8) is 0 Å². The smallest absolute Gasteiger partial charge is 0.298 e. The zero-order valence-electron chi connectivity index (χ0n) is 10.5. The molecule has 6 nitrogen and oxygen atoms in total. The number of aldehydes is 1. The van der Waals surface area contributed by atoms with Crippen LogP contribution in [0, 0.1) is 0 Å². The number of urea groups is 1. The highest BCUT2D eigenvalue weighted by Crippen LogP contribution is 2.24. The van der Waals surface area contributed by atoms with E-state index in [4.69, 9.17) is 0 Å². The van der Waals surface area contributed by atoms with Crippen molar-refractivity contribution in [2.45, 2.75) is 6.42 Å². The minimum absolute atomic E-state index is 0.265. The molecule has 0 spiro atoms. The lowest BCUT2D eigenvalue weighted by Crippen LogP contribution is -2.49. The van der Waals surface area contributed by atoms with Crippen LogP contribution in [0.25, 0.3) is 10.8 Å². The number of hydrogen-bond acceptors (Lipinski definition) is 4. The van der Waals surface area contributed by atoms with E-state index in [-0.39, 0.29) is 12.3 Å². The molecule has 2 heterocycles. The number of hydrogen-bond donors (Lipinski definition) is 1. The lowest BCUT2D eigenvalue weighted by Gasteiger charge is -2.26. The average molecular weight is 269 g/mol. The van der Waals surface area contributed by atoms with E-state index < -0.39 is 6.03 Å². The van der Waals surface area contributed by atoms with Gasteiger partial charge >= 0.3 is 6.03 Å². The normalized spacial score (nSPS) is 15.3. The number of amides is 3. The summed E-state index contributed by atoms with van der Waals surface area (Å²) in [7, 11) is 0. The van der Waals surface area contributed by atoms with Crippen molar-refractivity contribution in [3.8, 4) is 0 Å². The highest BCUT2D eigenvalue weighted by atomic mass is 16.2. The number of nitrogens with one attached hydrogen (secondary N) is 1. The SMILES string of the molecule is O=Cc1cncc2ccc(N3CCC(=O)NC3=O)cc12. The van der Waals surface area contributed by atoms with Gasteiger partial charge in [0.05, 0.1) is 0 Å². The molecule has 0 saturated carbocycles. The largest absolute Gasteiger partial charge is 0.328 e. The highest BCUT2D eigenvalue weighted by Gasteiger charge is 2.24. The third-order valence-corrected chi connectivity index (χ3v) is 3.27. The monoisotopic (exact) mass is 269 g/mol. The molecule has 0 radical (unpaired) electrons. The Morgan fingerprint density at radius 2 is 2.10 bits per heavy atom. The van der Waals surface area contributed by atoms with Gasteiger partial charge in [-0.05, 0) is 17.5 Å². The van der Waals surface area contributed by atoms with Gasteiger partial charge in [-0.3, -0.25) is 24.8 Å². The van der Waals surface area contributed by atoms with Crippen LogP contribution in [-0.2, 0) is 4.79 Å². The highest BCUT2D eigenvalue weighted by molar-refractivity contribution is 6.07. The maximum Gasteiger partial charge on any atom is 0.328 e. The van der Waals surface area contributed by atoms with Crippen LogP contribution in [0.15, 0.2) is 30.6 Å². The van der Waals surface area contributed by atoms with Crippen LogP contribution in [-0.4, -0.2) is 29.8 Å². The third kappa shape index (κ3) is 2.01. The molecule has 0 aliphatic carbocycles. The predicted molar refractivity (Wildman–Crippen MR) is 72.6 cm³/mol. The van der Waals surface area contributed by atoms with Crippen molar-refractivity contribution < 1.29 is 14.4 Å². The number of carbonyl (C=O) groups excluding carboxylic acids is 3. The third-order valence-electron chi connectivity index (χ3n) is 3.27. The lowest BCUT2D eigenvalue weighted by atomic mass is 10.1. The number of pyridine rings is 1. The molecule has 1 fully saturated rings. The molecule has 100 valence electrons. The molecule has 1 aliphatic rings. The molecule has 1 saturated heterocycles. The predicted octanol–water partition coefficient (Wildman–Crippen LogP) is 1.49. The van der Waals surface area contributed by atoms with Crippen LogP contribution in [0.5, 0.6) is 0 Å². The first-order chi connectivity index (χ1) is 9.69. The van der Waals surface area contributed by atoms with Gasteiger partial charge in [0.15, 0.2) is 6.29 Å².